The van der Waals surface area contributed by atoms with Crippen molar-refractivity contribution in [3.63, 3.8) is 0 Å². The third kappa shape index (κ3) is 1.62. The monoisotopic (exact) mass is 239 g/mol. The molecule has 1 aromatic carbocycles. The van der Waals surface area contributed by atoms with Crippen LogP contribution in [0.1, 0.15) is 0 Å². The molecule has 0 aliphatic heterocycles. The maximum Gasteiger partial charge on any atom is 0.159 e. The van der Waals surface area contributed by atoms with Gasteiger partial charge in [-0.3, -0.25) is 4.98 Å². The fourth-order valence-corrected chi connectivity index (χ4v) is 2.03. The van der Waals surface area contributed by atoms with Gasteiger partial charge in [-0.05, 0) is 24.3 Å². The van der Waals surface area contributed by atoms with Crippen LogP contribution < -0.4 is 4.74 Å². The molecule has 0 amide bonds. The molecule has 90 valence electrons. The van der Waals surface area contributed by atoms with E-state index in [9.17, 15) is 0 Å². The Balaban J connectivity index is 2.23. The summed E-state index contributed by atoms with van der Waals surface area (Å²) in [6, 6.07) is 11.7. The van der Waals surface area contributed by atoms with Crippen molar-refractivity contribution < 1.29 is 4.74 Å². The lowest BCUT2D eigenvalue weighted by Crippen LogP contribution is -1.93. The second-order valence-electron chi connectivity index (χ2n) is 4.06. The number of hydrogen-bond acceptors (Lipinski definition) is 3. The van der Waals surface area contributed by atoms with E-state index in [1.165, 1.54) is 0 Å². The van der Waals surface area contributed by atoms with Crippen molar-refractivity contribution in [2.45, 2.75) is 0 Å². The summed E-state index contributed by atoms with van der Waals surface area (Å²) in [4.78, 5) is 8.94. The number of imidazole rings is 1. The average Bonchev–Trinajstić information content (AvgIpc) is 2.76. The molecule has 4 heteroatoms. The molecule has 0 aliphatic rings. The van der Waals surface area contributed by atoms with Gasteiger partial charge in [-0.2, -0.15) is 0 Å². The molecule has 4 nitrogen and oxygen atoms in total. The average molecular weight is 239 g/mol. The van der Waals surface area contributed by atoms with Crippen molar-refractivity contribution >= 4 is 11.0 Å². The SMILES string of the molecule is COc1ccc2c(c1)nc(-c1ccccn1)n2C. The lowest BCUT2D eigenvalue weighted by atomic mass is 10.3. The van der Waals surface area contributed by atoms with E-state index >= 15 is 0 Å². The molecule has 2 aromatic heterocycles. The highest BCUT2D eigenvalue weighted by Gasteiger charge is 2.10. The molecule has 0 atom stereocenters. The van der Waals surface area contributed by atoms with Crippen LogP contribution in [-0.4, -0.2) is 21.6 Å². The lowest BCUT2D eigenvalue weighted by Gasteiger charge is -2.01. The zero-order valence-corrected chi connectivity index (χ0v) is 10.3. The Bertz CT molecular complexity index is 689. The Morgan fingerprint density at radius 1 is 1.17 bits per heavy atom. The number of pyridine rings is 1. The third-order valence-corrected chi connectivity index (χ3v) is 2.98. The van der Waals surface area contributed by atoms with Gasteiger partial charge in [-0.25, -0.2) is 4.98 Å². The smallest absolute Gasteiger partial charge is 0.159 e. The van der Waals surface area contributed by atoms with Crippen molar-refractivity contribution in [3.8, 4) is 17.3 Å². The van der Waals surface area contributed by atoms with Crippen LogP contribution >= 0.6 is 0 Å². The highest BCUT2D eigenvalue weighted by Crippen LogP contribution is 2.25. The van der Waals surface area contributed by atoms with E-state index in [1.54, 1.807) is 13.3 Å². The number of aromatic nitrogens is 3. The molecule has 3 aromatic rings. The van der Waals surface area contributed by atoms with Crippen LogP contribution in [0, 0.1) is 0 Å². The van der Waals surface area contributed by atoms with Gasteiger partial charge < -0.3 is 9.30 Å². The quantitative estimate of drug-likeness (QED) is 0.690. The van der Waals surface area contributed by atoms with Crippen LogP contribution in [0.4, 0.5) is 0 Å². The minimum atomic E-state index is 0.813. The first-order valence-corrected chi connectivity index (χ1v) is 5.71. The van der Waals surface area contributed by atoms with Gasteiger partial charge in [0.25, 0.3) is 0 Å². The van der Waals surface area contributed by atoms with Gasteiger partial charge in [-0.15, -0.1) is 0 Å². The maximum absolute atomic E-state index is 5.21. The highest BCUT2D eigenvalue weighted by atomic mass is 16.5. The molecule has 18 heavy (non-hydrogen) atoms. The van der Waals surface area contributed by atoms with Crippen molar-refractivity contribution in [1.29, 1.82) is 0 Å². The molecule has 0 spiro atoms. The summed E-state index contributed by atoms with van der Waals surface area (Å²) in [6.45, 7) is 0. The molecule has 3 rings (SSSR count). The first-order chi connectivity index (χ1) is 8.79. The number of benzene rings is 1. The summed E-state index contributed by atoms with van der Waals surface area (Å²) in [7, 11) is 3.65. The van der Waals surface area contributed by atoms with Gasteiger partial charge in [0.15, 0.2) is 5.82 Å². The molecule has 0 fully saturated rings. The zero-order chi connectivity index (χ0) is 12.5. The summed E-state index contributed by atoms with van der Waals surface area (Å²) < 4.78 is 7.25. The Hall–Kier alpha value is -2.36. The van der Waals surface area contributed by atoms with Gasteiger partial charge in [0.05, 0.1) is 18.1 Å². The molecule has 0 radical (unpaired) electrons. The number of aryl methyl sites for hydroxylation is 1. The van der Waals surface area contributed by atoms with Crippen molar-refractivity contribution in [2.24, 2.45) is 7.05 Å². The fourth-order valence-electron chi connectivity index (χ4n) is 2.03. The molecule has 2 heterocycles. The minimum absolute atomic E-state index is 0.813. The van der Waals surface area contributed by atoms with E-state index in [4.69, 9.17) is 4.74 Å². The maximum atomic E-state index is 5.21. The van der Waals surface area contributed by atoms with E-state index in [1.807, 2.05) is 48.0 Å². The number of fused-ring (bicyclic) bond motifs is 1. The van der Waals surface area contributed by atoms with Crippen LogP contribution in [0.3, 0.4) is 0 Å². The molecule has 0 bridgehead atoms. The second kappa shape index (κ2) is 4.14. The third-order valence-electron chi connectivity index (χ3n) is 2.98. The van der Waals surface area contributed by atoms with Gasteiger partial charge in [-0.1, -0.05) is 6.07 Å². The summed E-state index contributed by atoms with van der Waals surface area (Å²) in [6.07, 6.45) is 1.77. The van der Waals surface area contributed by atoms with E-state index in [0.29, 0.717) is 0 Å². The molecule has 0 saturated heterocycles. The molecule has 0 aliphatic carbocycles. The Labute approximate surface area is 105 Å². The van der Waals surface area contributed by atoms with Crippen LogP contribution in [0.2, 0.25) is 0 Å². The van der Waals surface area contributed by atoms with Gasteiger partial charge in [0.2, 0.25) is 0 Å². The first-order valence-electron chi connectivity index (χ1n) is 5.71. The zero-order valence-electron chi connectivity index (χ0n) is 10.3. The summed E-state index contributed by atoms with van der Waals surface area (Å²) >= 11 is 0. The van der Waals surface area contributed by atoms with Gasteiger partial charge >= 0.3 is 0 Å². The number of nitrogens with zero attached hydrogens (tertiary/aromatic N) is 3. The van der Waals surface area contributed by atoms with Crippen molar-refractivity contribution in [2.75, 3.05) is 7.11 Å². The standard InChI is InChI=1S/C14H13N3O/c1-17-13-7-6-10(18-2)9-12(13)16-14(17)11-5-3-4-8-15-11/h3-9H,1-2H3. The van der Waals surface area contributed by atoms with Crippen LogP contribution in [-0.2, 0) is 7.05 Å². The van der Waals surface area contributed by atoms with E-state index in [0.717, 1.165) is 28.3 Å². The summed E-state index contributed by atoms with van der Waals surface area (Å²) in [5.74, 6) is 1.67. The molecular weight excluding hydrogens is 226 g/mol. The van der Waals surface area contributed by atoms with Crippen LogP contribution in [0.25, 0.3) is 22.6 Å². The number of ether oxygens (including phenoxy) is 1. The molecule has 0 unspecified atom stereocenters. The predicted molar refractivity (Wildman–Crippen MR) is 70.5 cm³/mol. The predicted octanol–water partition coefficient (Wildman–Crippen LogP) is 2.64. The first kappa shape index (κ1) is 10.8. The number of hydrogen-bond donors (Lipinski definition) is 0. The number of rotatable bonds is 2. The summed E-state index contributed by atoms with van der Waals surface area (Å²) in [5.41, 5.74) is 2.85. The fraction of sp³-hybridized carbons (Fsp3) is 0.143. The van der Waals surface area contributed by atoms with Gasteiger partial charge in [0, 0.05) is 19.3 Å². The molecule has 0 N–H and O–H groups in total. The minimum Gasteiger partial charge on any atom is -0.497 e. The highest BCUT2D eigenvalue weighted by molar-refractivity contribution is 5.81. The Morgan fingerprint density at radius 3 is 2.78 bits per heavy atom. The topological polar surface area (TPSA) is 39.9 Å². The molecule has 0 saturated carbocycles. The van der Waals surface area contributed by atoms with E-state index in [-0.39, 0.29) is 0 Å². The number of methoxy groups -OCH3 is 1. The van der Waals surface area contributed by atoms with Crippen molar-refractivity contribution in [1.82, 2.24) is 14.5 Å². The van der Waals surface area contributed by atoms with E-state index < -0.39 is 0 Å². The van der Waals surface area contributed by atoms with Crippen LogP contribution in [0.5, 0.6) is 5.75 Å². The lowest BCUT2D eigenvalue weighted by molar-refractivity contribution is 0.415. The Morgan fingerprint density at radius 2 is 2.06 bits per heavy atom. The Kier molecular flexibility index (Phi) is 2.48. The normalized spacial score (nSPS) is 10.8. The van der Waals surface area contributed by atoms with E-state index in [2.05, 4.69) is 9.97 Å². The second-order valence-corrected chi connectivity index (χ2v) is 4.06. The van der Waals surface area contributed by atoms with Gasteiger partial charge in [0.1, 0.15) is 11.4 Å². The largest absolute Gasteiger partial charge is 0.497 e. The van der Waals surface area contributed by atoms with Crippen LogP contribution in [0.15, 0.2) is 42.6 Å². The molecular formula is C14H13N3O. The summed E-state index contributed by atoms with van der Waals surface area (Å²) in [5, 5.41) is 0. The van der Waals surface area contributed by atoms with Crippen molar-refractivity contribution in [3.05, 3.63) is 42.6 Å².